The van der Waals surface area contributed by atoms with Crippen LogP contribution in [-0.4, -0.2) is 65.2 Å². The number of amides is 3. The Balaban J connectivity index is 1.46. The Morgan fingerprint density at radius 2 is 1.71 bits per heavy atom. The van der Waals surface area contributed by atoms with Crippen LogP contribution in [0.2, 0.25) is 0 Å². The Labute approximate surface area is 203 Å². The summed E-state index contributed by atoms with van der Waals surface area (Å²) in [6.45, 7) is 3.83. The number of carboxylic acid groups (broad SMARTS) is 1. The predicted octanol–water partition coefficient (Wildman–Crippen LogP) is 2.50. The third-order valence-electron chi connectivity index (χ3n) is 6.70. The molecule has 9 nitrogen and oxygen atoms in total. The molecule has 2 aromatic rings. The van der Waals surface area contributed by atoms with Gasteiger partial charge in [-0.25, -0.2) is 4.79 Å². The highest BCUT2D eigenvalue weighted by Crippen LogP contribution is 2.44. The molecule has 2 aliphatic rings. The smallest absolute Gasteiger partial charge is 0.407 e. The first-order chi connectivity index (χ1) is 16.7. The van der Waals surface area contributed by atoms with Crippen LogP contribution in [0.1, 0.15) is 43.7 Å². The molecule has 0 saturated carbocycles. The maximum atomic E-state index is 13.3. The molecule has 1 heterocycles. The molecule has 4 rings (SSSR count). The van der Waals surface area contributed by atoms with Gasteiger partial charge in [-0.1, -0.05) is 48.5 Å². The summed E-state index contributed by atoms with van der Waals surface area (Å²) < 4.78 is 5.54. The molecule has 35 heavy (non-hydrogen) atoms. The number of aliphatic carboxylic acids is 1. The van der Waals surface area contributed by atoms with E-state index >= 15 is 0 Å². The number of alkyl carbamates (subject to hydrolysis) is 1. The van der Waals surface area contributed by atoms with Crippen molar-refractivity contribution in [1.29, 1.82) is 0 Å². The molecule has 0 radical (unpaired) electrons. The minimum absolute atomic E-state index is 0.0668. The number of nitrogens with zero attached hydrogens (tertiary/aromatic N) is 1. The van der Waals surface area contributed by atoms with Crippen LogP contribution in [0.15, 0.2) is 48.5 Å². The summed E-state index contributed by atoms with van der Waals surface area (Å²) in [5.74, 6) is -2.06. The van der Waals surface area contributed by atoms with Gasteiger partial charge in [-0.15, -0.1) is 0 Å². The van der Waals surface area contributed by atoms with Crippen molar-refractivity contribution in [3.8, 4) is 11.1 Å². The van der Waals surface area contributed by atoms with Crippen LogP contribution in [0.4, 0.5) is 4.79 Å². The first-order valence-electron chi connectivity index (χ1n) is 11.6. The average Bonchev–Trinajstić information content (AvgIpc) is 3.15. The Hall–Kier alpha value is -3.88. The van der Waals surface area contributed by atoms with E-state index in [1.54, 1.807) is 13.8 Å². The molecule has 1 unspecified atom stereocenters. The molecule has 1 saturated heterocycles. The number of fused-ring (bicyclic) bond motifs is 3. The number of piperazine rings is 1. The van der Waals surface area contributed by atoms with Gasteiger partial charge in [-0.2, -0.15) is 0 Å². The first kappa shape index (κ1) is 24.3. The third-order valence-corrected chi connectivity index (χ3v) is 6.70. The maximum Gasteiger partial charge on any atom is 0.407 e. The second-order valence-corrected chi connectivity index (χ2v) is 9.26. The van der Waals surface area contributed by atoms with E-state index in [0.29, 0.717) is 0 Å². The van der Waals surface area contributed by atoms with Gasteiger partial charge in [0.15, 0.2) is 0 Å². The van der Waals surface area contributed by atoms with E-state index in [9.17, 15) is 19.2 Å². The minimum Gasteiger partial charge on any atom is -0.481 e. The van der Waals surface area contributed by atoms with Crippen LogP contribution in [0.25, 0.3) is 11.1 Å². The zero-order valence-corrected chi connectivity index (χ0v) is 19.7. The van der Waals surface area contributed by atoms with Crippen molar-refractivity contribution in [3.05, 3.63) is 59.7 Å². The maximum absolute atomic E-state index is 13.3. The number of ether oxygens (including phenoxy) is 1. The normalized spacial score (nSPS) is 17.1. The third kappa shape index (κ3) is 4.84. The molecule has 3 amide bonds. The minimum atomic E-state index is -1.13. The molecule has 1 aliphatic carbocycles. The van der Waals surface area contributed by atoms with E-state index in [0.717, 1.165) is 22.3 Å². The van der Waals surface area contributed by atoms with Crippen molar-refractivity contribution in [2.45, 2.75) is 44.2 Å². The van der Waals surface area contributed by atoms with Crippen LogP contribution in [0, 0.1) is 0 Å². The van der Waals surface area contributed by atoms with Gasteiger partial charge in [-0.05, 0) is 42.5 Å². The van der Waals surface area contributed by atoms with E-state index < -0.39 is 29.6 Å². The summed E-state index contributed by atoms with van der Waals surface area (Å²) in [4.78, 5) is 50.9. The van der Waals surface area contributed by atoms with Gasteiger partial charge in [0.25, 0.3) is 0 Å². The van der Waals surface area contributed by atoms with Crippen LogP contribution < -0.4 is 10.6 Å². The van der Waals surface area contributed by atoms with E-state index in [1.165, 1.54) is 4.90 Å². The highest BCUT2D eigenvalue weighted by molar-refractivity contribution is 5.94. The number of carbonyl (C=O) groups excluding carboxylic acids is 3. The number of carbonyl (C=O) groups is 4. The lowest BCUT2D eigenvalue weighted by atomic mass is 9.97. The van der Waals surface area contributed by atoms with Gasteiger partial charge in [0.05, 0.1) is 0 Å². The summed E-state index contributed by atoms with van der Waals surface area (Å²) >= 11 is 0. The van der Waals surface area contributed by atoms with E-state index in [2.05, 4.69) is 10.6 Å². The summed E-state index contributed by atoms with van der Waals surface area (Å²) in [5, 5.41) is 14.4. The van der Waals surface area contributed by atoms with Crippen molar-refractivity contribution in [2.24, 2.45) is 0 Å². The van der Waals surface area contributed by atoms with Crippen molar-refractivity contribution in [2.75, 3.05) is 19.7 Å². The fraction of sp³-hybridized carbons (Fsp3) is 0.385. The molecule has 0 spiro atoms. The molecule has 0 aromatic heterocycles. The highest BCUT2D eigenvalue weighted by Gasteiger charge is 2.43. The van der Waals surface area contributed by atoms with Crippen LogP contribution >= 0.6 is 0 Å². The number of benzene rings is 2. The van der Waals surface area contributed by atoms with Gasteiger partial charge < -0.3 is 25.4 Å². The number of hydrogen-bond acceptors (Lipinski definition) is 5. The molecular weight excluding hydrogens is 450 g/mol. The Morgan fingerprint density at radius 1 is 1.11 bits per heavy atom. The topological polar surface area (TPSA) is 125 Å². The average molecular weight is 480 g/mol. The van der Waals surface area contributed by atoms with Crippen molar-refractivity contribution < 1.29 is 29.0 Å². The van der Waals surface area contributed by atoms with Crippen molar-refractivity contribution in [3.63, 3.8) is 0 Å². The Kier molecular flexibility index (Phi) is 6.77. The summed E-state index contributed by atoms with van der Waals surface area (Å²) in [6.07, 6.45) is -1.25. The number of nitrogens with one attached hydrogen (secondary N) is 2. The number of rotatable bonds is 7. The fourth-order valence-electron chi connectivity index (χ4n) is 4.78. The standard InChI is InChI=1S/C26H29N3O6/c1-26(2)24(33)27-13-14-29(26)23(32)21(11-12-22(30)31)28-25(34)35-15-20-18-9-5-3-7-16(18)17-8-4-6-10-19(17)20/h3-10,20-21H,11-15H2,1-2H3,(H,27,33)(H,28,34)(H,30,31). The van der Waals surface area contributed by atoms with Crippen molar-refractivity contribution in [1.82, 2.24) is 15.5 Å². The Bertz CT molecular complexity index is 1120. The van der Waals surface area contributed by atoms with Crippen molar-refractivity contribution >= 4 is 23.9 Å². The lowest BCUT2D eigenvalue weighted by Gasteiger charge is -2.42. The van der Waals surface area contributed by atoms with Gasteiger partial charge in [-0.3, -0.25) is 14.4 Å². The fourth-order valence-corrected chi connectivity index (χ4v) is 4.78. The van der Waals surface area contributed by atoms with Gasteiger partial charge >= 0.3 is 12.1 Å². The summed E-state index contributed by atoms with van der Waals surface area (Å²) in [6, 6.07) is 14.7. The SMILES string of the molecule is CC1(C)C(=O)NCCN1C(=O)C(CCC(=O)O)NC(=O)OCC1c2ccccc2-c2ccccc21. The second kappa shape index (κ2) is 9.77. The number of carboxylic acids is 1. The van der Waals surface area contributed by atoms with Gasteiger partial charge in [0.2, 0.25) is 11.8 Å². The highest BCUT2D eigenvalue weighted by atomic mass is 16.5. The van der Waals surface area contributed by atoms with Gasteiger partial charge in [0.1, 0.15) is 18.2 Å². The zero-order valence-electron chi connectivity index (χ0n) is 19.7. The molecule has 1 atom stereocenters. The summed E-state index contributed by atoms with van der Waals surface area (Å²) in [5.41, 5.74) is 3.18. The molecule has 0 bridgehead atoms. The number of hydrogen-bond donors (Lipinski definition) is 3. The molecule has 2 aromatic carbocycles. The molecular formula is C26H29N3O6. The molecule has 184 valence electrons. The second-order valence-electron chi connectivity index (χ2n) is 9.26. The monoisotopic (exact) mass is 479 g/mol. The lowest BCUT2D eigenvalue weighted by Crippen LogP contribution is -2.66. The largest absolute Gasteiger partial charge is 0.481 e. The summed E-state index contributed by atoms with van der Waals surface area (Å²) in [7, 11) is 0. The zero-order chi connectivity index (χ0) is 25.2. The van der Waals surface area contributed by atoms with Crippen LogP contribution in [0.5, 0.6) is 0 Å². The van der Waals surface area contributed by atoms with E-state index in [-0.39, 0.29) is 44.4 Å². The van der Waals surface area contributed by atoms with Gasteiger partial charge in [0, 0.05) is 25.4 Å². The molecule has 1 aliphatic heterocycles. The quantitative estimate of drug-likeness (QED) is 0.560. The molecule has 3 N–H and O–H groups in total. The predicted molar refractivity (Wildman–Crippen MR) is 128 cm³/mol. The Morgan fingerprint density at radius 3 is 2.31 bits per heavy atom. The molecule has 9 heteroatoms. The van der Waals surface area contributed by atoms with E-state index in [1.807, 2.05) is 48.5 Å². The molecule has 1 fully saturated rings. The van der Waals surface area contributed by atoms with E-state index in [4.69, 9.17) is 9.84 Å². The van der Waals surface area contributed by atoms with Crippen LogP contribution in [0.3, 0.4) is 0 Å². The first-order valence-corrected chi connectivity index (χ1v) is 11.6. The lowest BCUT2D eigenvalue weighted by molar-refractivity contribution is -0.150. The van der Waals surface area contributed by atoms with Crippen LogP contribution in [-0.2, 0) is 19.1 Å².